The minimum Gasteiger partial charge on any atom is -0.356 e. The van der Waals surface area contributed by atoms with Crippen molar-refractivity contribution in [1.82, 2.24) is 25.4 Å². The van der Waals surface area contributed by atoms with Gasteiger partial charge in [0.05, 0.1) is 11.0 Å². The molecule has 0 aliphatic heterocycles. The molecule has 4 aromatic rings. The number of hydrogen-bond donors (Lipinski definition) is 2. The Hall–Kier alpha value is -3.00. The number of carbonyl (C=O) groups excluding carboxylic acids is 1. The molecule has 1 aromatic carbocycles. The largest absolute Gasteiger partial charge is 0.356 e. The maximum absolute atomic E-state index is 12.0. The van der Waals surface area contributed by atoms with E-state index in [0.29, 0.717) is 37.5 Å². The number of carbonyl (C=O) groups is 1. The van der Waals surface area contributed by atoms with E-state index in [1.807, 2.05) is 41.1 Å². The number of rotatable bonds is 7. The summed E-state index contributed by atoms with van der Waals surface area (Å²) in [6, 6.07) is 9.80. The zero-order chi connectivity index (χ0) is 17.8. The van der Waals surface area contributed by atoms with Crippen LogP contribution in [0.25, 0.3) is 22.4 Å². The van der Waals surface area contributed by atoms with E-state index in [0.717, 1.165) is 22.4 Å². The fourth-order valence-corrected chi connectivity index (χ4v) is 3.25. The van der Waals surface area contributed by atoms with Gasteiger partial charge in [-0.25, -0.2) is 4.98 Å². The Morgan fingerprint density at radius 1 is 1.19 bits per heavy atom. The first kappa shape index (κ1) is 16.5. The Morgan fingerprint density at radius 2 is 2.12 bits per heavy atom. The van der Waals surface area contributed by atoms with Crippen LogP contribution in [0.2, 0.25) is 0 Å². The van der Waals surface area contributed by atoms with Gasteiger partial charge in [0.25, 0.3) is 0 Å². The van der Waals surface area contributed by atoms with Crippen LogP contribution in [-0.4, -0.2) is 32.6 Å². The number of para-hydroxylation sites is 2. The summed E-state index contributed by atoms with van der Waals surface area (Å²) in [4.78, 5) is 24.0. The molecule has 0 atom stereocenters. The molecular weight excluding hydrogens is 350 g/mol. The summed E-state index contributed by atoms with van der Waals surface area (Å²) in [5.41, 5.74) is 2.87. The third kappa shape index (κ3) is 3.80. The molecule has 3 aromatic heterocycles. The molecule has 2 N–H and O–H groups in total. The number of nitrogens with one attached hydrogen (secondary N) is 2. The van der Waals surface area contributed by atoms with Gasteiger partial charge in [-0.2, -0.15) is 16.3 Å². The molecule has 0 bridgehead atoms. The van der Waals surface area contributed by atoms with Crippen LogP contribution in [-0.2, 0) is 17.6 Å². The number of fused-ring (bicyclic) bond motifs is 1. The Morgan fingerprint density at radius 3 is 2.96 bits per heavy atom. The molecule has 0 aliphatic carbocycles. The number of H-pyrrole nitrogens is 1. The number of thiophene rings is 1. The van der Waals surface area contributed by atoms with E-state index in [1.54, 1.807) is 11.3 Å². The van der Waals surface area contributed by atoms with Crippen LogP contribution in [0.15, 0.2) is 45.6 Å². The molecular formula is C18H17N5O2S. The number of aromatic nitrogens is 4. The van der Waals surface area contributed by atoms with Crippen LogP contribution in [0.5, 0.6) is 0 Å². The van der Waals surface area contributed by atoms with E-state index in [-0.39, 0.29) is 5.91 Å². The molecule has 4 rings (SSSR count). The Labute approximate surface area is 153 Å². The standard InChI is InChI=1S/C18H17N5O2S/c24-16(5-6-17-22-18(23-25-17)12-8-10-26-11-12)19-9-7-15-20-13-3-1-2-4-14(13)21-15/h1-4,8,10-11H,5-7,9H2,(H,19,24)(H,20,21). The van der Waals surface area contributed by atoms with Crippen molar-refractivity contribution in [2.45, 2.75) is 19.3 Å². The second kappa shape index (κ2) is 7.49. The summed E-state index contributed by atoms with van der Waals surface area (Å²) in [5.74, 6) is 1.85. The highest BCUT2D eigenvalue weighted by Gasteiger charge is 2.11. The molecule has 0 spiro atoms. The molecule has 132 valence electrons. The van der Waals surface area contributed by atoms with Crippen molar-refractivity contribution in [3.63, 3.8) is 0 Å². The van der Waals surface area contributed by atoms with Crippen LogP contribution in [0, 0.1) is 0 Å². The van der Waals surface area contributed by atoms with Crippen molar-refractivity contribution >= 4 is 28.3 Å². The highest BCUT2D eigenvalue weighted by atomic mass is 32.1. The topological polar surface area (TPSA) is 96.7 Å². The van der Waals surface area contributed by atoms with E-state index in [1.165, 1.54) is 0 Å². The quantitative estimate of drug-likeness (QED) is 0.523. The smallest absolute Gasteiger partial charge is 0.227 e. The fraction of sp³-hybridized carbons (Fsp3) is 0.222. The molecule has 0 saturated carbocycles. The lowest BCUT2D eigenvalue weighted by Gasteiger charge is -2.02. The molecule has 7 nitrogen and oxygen atoms in total. The molecule has 8 heteroatoms. The second-order valence-electron chi connectivity index (χ2n) is 5.82. The lowest BCUT2D eigenvalue weighted by atomic mass is 10.3. The van der Waals surface area contributed by atoms with Crippen molar-refractivity contribution < 1.29 is 9.32 Å². The summed E-state index contributed by atoms with van der Waals surface area (Å²) in [7, 11) is 0. The highest BCUT2D eigenvalue weighted by molar-refractivity contribution is 7.08. The fourth-order valence-electron chi connectivity index (χ4n) is 2.62. The first-order valence-corrected chi connectivity index (χ1v) is 9.28. The summed E-state index contributed by atoms with van der Waals surface area (Å²) in [6.07, 6.45) is 1.39. The number of imidazole rings is 1. The average Bonchev–Trinajstić information content (AvgIpc) is 3.38. The van der Waals surface area contributed by atoms with Crippen LogP contribution >= 0.6 is 11.3 Å². The number of nitrogens with zero attached hydrogens (tertiary/aromatic N) is 3. The summed E-state index contributed by atoms with van der Waals surface area (Å²) in [6.45, 7) is 0.530. The normalized spacial score (nSPS) is 11.1. The van der Waals surface area contributed by atoms with Gasteiger partial charge in [0, 0.05) is 36.8 Å². The lowest BCUT2D eigenvalue weighted by Crippen LogP contribution is -2.26. The van der Waals surface area contributed by atoms with E-state index in [2.05, 4.69) is 25.4 Å². The molecule has 0 aliphatic rings. The van der Waals surface area contributed by atoms with Gasteiger partial charge in [-0.05, 0) is 23.6 Å². The second-order valence-corrected chi connectivity index (χ2v) is 6.60. The first-order chi connectivity index (χ1) is 12.8. The summed E-state index contributed by atoms with van der Waals surface area (Å²) < 4.78 is 5.19. The molecule has 1 amide bonds. The molecule has 0 saturated heterocycles. The maximum atomic E-state index is 12.0. The van der Waals surface area contributed by atoms with E-state index >= 15 is 0 Å². The minimum absolute atomic E-state index is 0.0450. The van der Waals surface area contributed by atoms with Crippen molar-refractivity contribution in [2.24, 2.45) is 0 Å². The average molecular weight is 367 g/mol. The highest BCUT2D eigenvalue weighted by Crippen LogP contribution is 2.19. The number of aryl methyl sites for hydroxylation is 1. The monoisotopic (exact) mass is 367 g/mol. The molecule has 0 unspecified atom stereocenters. The van der Waals surface area contributed by atoms with Crippen LogP contribution in [0.1, 0.15) is 18.1 Å². The molecule has 0 fully saturated rings. The van der Waals surface area contributed by atoms with Crippen LogP contribution in [0.3, 0.4) is 0 Å². The van der Waals surface area contributed by atoms with Crippen LogP contribution < -0.4 is 5.32 Å². The number of aromatic amines is 1. The molecule has 26 heavy (non-hydrogen) atoms. The third-order valence-corrected chi connectivity index (χ3v) is 4.62. The van der Waals surface area contributed by atoms with Gasteiger partial charge in [-0.3, -0.25) is 4.79 Å². The van der Waals surface area contributed by atoms with Gasteiger partial charge >= 0.3 is 0 Å². The van der Waals surface area contributed by atoms with Gasteiger partial charge in [-0.1, -0.05) is 17.3 Å². The van der Waals surface area contributed by atoms with Crippen molar-refractivity contribution in [2.75, 3.05) is 6.54 Å². The first-order valence-electron chi connectivity index (χ1n) is 8.33. The van der Waals surface area contributed by atoms with Crippen molar-refractivity contribution in [3.05, 3.63) is 52.8 Å². The Bertz CT molecular complexity index is 973. The molecule has 3 heterocycles. The molecule has 0 radical (unpaired) electrons. The van der Waals surface area contributed by atoms with E-state index in [4.69, 9.17) is 4.52 Å². The zero-order valence-electron chi connectivity index (χ0n) is 13.9. The van der Waals surface area contributed by atoms with Crippen molar-refractivity contribution in [1.29, 1.82) is 0 Å². The van der Waals surface area contributed by atoms with Gasteiger partial charge in [-0.15, -0.1) is 0 Å². The predicted octanol–water partition coefficient (Wildman–Crippen LogP) is 2.97. The van der Waals surface area contributed by atoms with Gasteiger partial charge < -0.3 is 14.8 Å². The number of hydrogen-bond acceptors (Lipinski definition) is 6. The van der Waals surface area contributed by atoms with Crippen LogP contribution in [0.4, 0.5) is 0 Å². The van der Waals surface area contributed by atoms with Gasteiger partial charge in [0.2, 0.25) is 17.6 Å². The number of benzene rings is 1. The Kier molecular flexibility index (Phi) is 4.74. The third-order valence-electron chi connectivity index (χ3n) is 3.94. The predicted molar refractivity (Wildman–Crippen MR) is 98.7 cm³/mol. The summed E-state index contributed by atoms with van der Waals surface area (Å²) >= 11 is 1.58. The van der Waals surface area contributed by atoms with Gasteiger partial charge in [0.15, 0.2) is 0 Å². The number of amides is 1. The summed E-state index contributed by atoms with van der Waals surface area (Å²) in [5, 5.41) is 10.7. The lowest BCUT2D eigenvalue weighted by molar-refractivity contribution is -0.121. The Balaban J connectivity index is 1.23. The van der Waals surface area contributed by atoms with Crippen molar-refractivity contribution in [3.8, 4) is 11.4 Å². The van der Waals surface area contributed by atoms with E-state index < -0.39 is 0 Å². The minimum atomic E-state index is -0.0450. The maximum Gasteiger partial charge on any atom is 0.227 e. The SMILES string of the molecule is O=C(CCc1nc(-c2ccsc2)no1)NCCc1nc2ccccc2[nH]1. The van der Waals surface area contributed by atoms with Gasteiger partial charge in [0.1, 0.15) is 5.82 Å². The zero-order valence-corrected chi connectivity index (χ0v) is 14.8. The van der Waals surface area contributed by atoms with E-state index in [9.17, 15) is 4.79 Å².